The number of aliphatic hydroxyl groups is 1. The van der Waals surface area contributed by atoms with E-state index in [1.807, 2.05) is 0 Å². The molecular weight excluding hydrogens is 336 g/mol. The molecule has 7 nitrogen and oxygen atoms in total. The second kappa shape index (κ2) is 9.95. The van der Waals surface area contributed by atoms with Crippen molar-refractivity contribution >= 4 is 18.1 Å². The Hall–Kier alpha value is -3.19. The maximum absolute atomic E-state index is 11.9. The van der Waals surface area contributed by atoms with Gasteiger partial charge in [0.2, 0.25) is 0 Å². The number of hydrogen-bond donors (Lipinski definition) is 2. The molecule has 7 heteroatoms. The van der Waals surface area contributed by atoms with Crippen LogP contribution < -0.4 is 10.2 Å². The summed E-state index contributed by atoms with van der Waals surface area (Å²) in [5.74, 6) is -0.543. The Morgan fingerprint density at radius 1 is 1.15 bits per heavy atom. The second-order valence-electron chi connectivity index (χ2n) is 5.21. The predicted octanol–water partition coefficient (Wildman–Crippen LogP) is 1.81. The van der Waals surface area contributed by atoms with Gasteiger partial charge in [-0.2, -0.15) is 5.10 Å². The number of carbonyl (C=O) groups is 2. The van der Waals surface area contributed by atoms with Gasteiger partial charge in [-0.15, -0.1) is 0 Å². The van der Waals surface area contributed by atoms with Gasteiger partial charge >= 0.3 is 5.97 Å². The Kier molecular flexibility index (Phi) is 7.32. The van der Waals surface area contributed by atoms with Crippen molar-refractivity contribution in [3.05, 3.63) is 65.7 Å². The summed E-state index contributed by atoms with van der Waals surface area (Å²) < 4.78 is 10.0. The van der Waals surface area contributed by atoms with Crippen LogP contribution in [0.3, 0.4) is 0 Å². The van der Waals surface area contributed by atoms with Crippen LogP contribution in [0, 0.1) is 0 Å². The minimum atomic E-state index is -1.29. The summed E-state index contributed by atoms with van der Waals surface area (Å²) >= 11 is 0. The Morgan fingerprint density at radius 2 is 1.85 bits per heavy atom. The quantitative estimate of drug-likeness (QED) is 0.427. The maximum atomic E-state index is 11.9. The van der Waals surface area contributed by atoms with Gasteiger partial charge in [0.25, 0.3) is 5.91 Å². The number of nitrogens with zero attached hydrogens (tertiary/aromatic N) is 1. The van der Waals surface area contributed by atoms with Gasteiger partial charge in [0.05, 0.1) is 12.8 Å². The van der Waals surface area contributed by atoms with E-state index in [-0.39, 0.29) is 6.61 Å². The average Bonchev–Trinajstić information content (AvgIpc) is 2.67. The fourth-order valence-electron chi connectivity index (χ4n) is 2.01. The van der Waals surface area contributed by atoms with Crippen LogP contribution in [0.5, 0.6) is 5.75 Å². The lowest BCUT2D eigenvalue weighted by molar-refractivity contribution is -0.145. The van der Waals surface area contributed by atoms with E-state index in [2.05, 4.69) is 10.5 Å². The van der Waals surface area contributed by atoms with Gasteiger partial charge in [-0.25, -0.2) is 10.2 Å². The van der Waals surface area contributed by atoms with Crippen molar-refractivity contribution in [2.24, 2.45) is 5.10 Å². The zero-order valence-corrected chi connectivity index (χ0v) is 14.3. The molecule has 2 aromatic rings. The van der Waals surface area contributed by atoms with Gasteiger partial charge in [-0.05, 0) is 42.3 Å². The van der Waals surface area contributed by atoms with Crippen LogP contribution in [0.25, 0.3) is 0 Å². The number of amides is 1. The molecule has 1 amide bonds. The number of ether oxygens (including phenoxy) is 2. The molecule has 0 aliphatic heterocycles. The monoisotopic (exact) mass is 356 g/mol. The van der Waals surface area contributed by atoms with E-state index >= 15 is 0 Å². The SMILES string of the molecule is CCOC(=O)COc1ccc(/C=N\NC(=O)[C@H](O)c2ccccc2)cc1. The number of hydrogen-bond acceptors (Lipinski definition) is 6. The summed E-state index contributed by atoms with van der Waals surface area (Å²) in [6.07, 6.45) is 0.150. The molecule has 2 N–H and O–H groups in total. The lowest BCUT2D eigenvalue weighted by Crippen LogP contribution is -2.25. The van der Waals surface area contributed by atoms with Crippen LogP contribution >= 0.6 is 0 Å². The van der Waals surface area contributed by atoms with E-state index in [9.17, 15) is 14.7 Å². The Balaban J connectivity index is 1.82. The molecule has 0 bridgehead atoms. The van der Waals surface area contributed by atoms with Crippen LogP contribution in [-0.2, 0) is 14.3 Å². The van der Waals surface area contributed by atoms with E-state index in [4.69, 9.17) is 9.47 Å². The highest BCUT2D eigenvalue weighted by Gasteiger charge is 2.15. The third-order valence-corrected chi connectivity index (χ3v) is 3.29. The van der Waals surface area contributed by atoms with Crippen LogP contribution in [0.1, 0.15) is 24.2 Å². The molecule has 2 rings (SSSR count). The number of hydrazone groups is 1. The summed E-state index contributed by atoms with van der Waals surface area (Å²) in [5, 5.41) is 13.7. The average molecular weight is 356 g/mol. The Morgan fingerprint density at radius 3 is 2.50 bits per heavy atom. The molecule has 26 heavy (non-hydrogen) atoms. The lowest BCUT2D eigenvalue weighted by atomic mass is 10.1. The van der Waals surface area contributed by atoms with Crippen molar-refractivity contribution < 1.29 is 24.2 Å². The number of aliphatic hydroxyl groups excluding tert-OH is 1. The van der Waals surface area contributed by atoms with E-state index in [1.165, 1.54) is 6.21 Å². The second-order valence-corrected chi connectivity index (χ2v) is 5.21. The van der Waals surface area contributed by atoms with Crippen LogP contribution in [0.2, 0.25) is 0 Å². The third-order valence-electron chi connectivity index (χ3n) is 3.29. The van der Waals surface area contributed by atoms with E-state index in [0.717, 1.165) is 0 Å². The van der Waals surface area contributed by atoms with Gasteiger partial charge in [-0.3, -0.25) is 4.79 Å². The normalized spacial score (nSPS) is 11.8. The van der Waals surface area contributed by atoms with E-state index < -0.39 is 18.0 Å². The van der Waals surface area contributed by atoms with Crippen molar-refractivity contribution in [3.8, 4) is 5.75 Å². The zero-order chi connectivity index (χ0) is 18.8. The molecule has 136 valence electrons. The first-order chi connectivity index (χ1) is 12.6. The fourth-order valence-corrected chi connectivity index (χ4v) is 2.01. The Labute approximate surface area is 151 Å². The molecule has 0 radical (unpaired) electrons. The smallest absolute Gasteiger partial charge is 0.344 e. The van der Waals surface area contributed by atoms with E-state index in [0.29, 0.717) is 23.5 Å². The lowest BCUT2D eigenvalue weighted by Gasteiger charge is -2.08. The number of esters is 1. The third kappa shape index (κ3) is 6.03. The van der Waals surface area contributed by atoms with Crippen LogP contribution in [-0.4, -0.2) is 36.4 Å². The highest BCUT2D eigenvalue weighted by molar-refractivity contribution is 5.85. The zero-order valence-electron chi connectivity index (χ0n) is 14.3. The van der Waals surface area contributed by atoms with Crippen molar-refractivity contribution in [1.29, 1.82) is 0 Å². The van der Waals surface area contributed by atoms with Crippen LogP contribution in [0.4, 0.5) is 0 Å². The van der Waals surface area contributed by atoms with Crippen molar-refractivity contribution in [3.63, 3.8) is 0 Å². The summed E-state index contributed by atoms with van der Waals surface area (Å²) in [7, 11) is 0. The van der Waals surface area contributed by atoms with Crippen molar-refractivity contribution in [1.82, 2.24) is 5.43 Å². The summed E-state index contributed by atoms with van der Waals surface area (Å²) in [6, 6.07) is 15.3. The Bertz CT molecular complexity index is 744. The minimum absolute atomic E-state index is 0.158. The molecule has 0 aromatic heterocycles. The van der Waals surface area contributed by atoms with Gasteiger partial charge < -0.3 is 14.6 Å². The standard InChI is InChI=1S/C19H20N2O5/c1-2-25-17(22)13-26-16-10-8-14(9-11-16)12-20-21-19(24)18(23)15-6-4-3-5-7-15/h3-12,18,23H,2,13H2,1H3,(H,21,24)/b20-12-/t18-/m1/s1. The van der Waals surface area contributed by atoms with Crippen LogP contribution in [0.15, 0.2) is 59.7 Å². The minimum Gasteiger partial charge on any atom is -0.482 e. The topological polar surface area (TPSA) is 97.2 Å². The van der Waals surface area contributed by atoms with Gasteiger partial charge in [-0.1, -0.05) is 30.3 Å². The van der Waals surface area contributed by atoms with Gasteiger partial charge in [0.15, 0.2) is 12.7 Å². The first-order valence-corrected chi connectivity index (χ1v) is 8.04. The number of nitrogens with one attached hydrogen (secondary N) is 1. The van der Waals surface area contributed by atoms with Crippen molar-refractivity contribution in [2.75, 3.05) is 13.2 Å². The molecule has 0 fully saturated rings. The molecule has 0 aliphatic rings. The number of rotatable bonds is 8. The molecule has 0 unspecified atom stereocenters. The van der Waals surface area contributed by atoms with E-state index in [1.54, 1.807) is 61.5 Å². The maximum Gasteiger partial charge on any atom is 0.344 e. The molecule has 2 aromatic carbocycles. The molecular formula is C19H20N2O5. The summed E-state index contributed by atoms with van der Waals surface area (Å²) in [4.78, 5) is 23.1. The predicted molar refractivity (Wildman–Crippen MR) is 95.7 cm³/mol. The molecule has 0 saturated heterocycles. The first kappa shape index (κ1) is 19.1. The molecule has 0 saturated carbocycles. The van der Waals surface area contributed by atoms with Gasteiger partial charge in [0, 0.05) is 0 Å². The first-order valence-electron chi connectivity index (χ1n) is 8.04. The number of carbonyl (C=O) groups excluding carboxylic acids is 2. The summed E-state index contributed by atoms with van der Waals surface area (Å²) in [6.45, 7) is 1.88. The number of benzene rings is 2. The largest absolute Gasteiger partial charge is 0.482 e. The molecule has 1 atom stereocenters. The fraction of sp³-hybridized carbons (Fsp3) is 0.211. The molecule has 0 spiro atoms. The summed E-state index contributed by atoms with van der Waals surface area (Å²) in [5.41, 5.74) is 3.49. The molecule has 0 heterocycles. The highest BCUT2D eigenvalue weighted by atomic mass is 16.6. The van der Waals surface area contributed by atoms with Crippen molar-refractivity contribution in [2.45, 2.75) is 13.0 Å². The van der Waals surface area contributed by atoms with Gasteiger partial charge in [0.1, 0.15) is 5.75 Å². The molecule has 0 aliphatic carbocycles. The highest BCUT2D eigenvalue weighted by Crippen LogP contribution is 2.12.